The largest absolute Gasteiger partial charge is 0.493 e. The van der Waals surface area contributed by atoms with Gasteiger partial charge in [0.05, 0.1) is 38.7 Å². The summed E-state index contributed by atoms with van der Waals surface area (Å²) in [6.45, 7) is 4.48. The number of hydrogen-bond donors (Lipinski definition) is 1. The van der Waals surface area contributed by atoms with Crippen LogP contribution in [-0.4, -0.2) is 55.1 Å². The van der Waals surface area contributed by atoms with Gasteiger partial charge in [0, 0.05) is 18.3 Å². The lowest BCUT2D eigenvalue weighted by molar-refractivity contribution is -0.133. The fraction of sp³-hybridized carbons (Fsp3) is 0.345. The Morgan fingerprint density at radius 1 is 1.08 bits per heavy atom. The number of rotatable bonds is 12. The minimum Gasteiger partial charge on any atom is -0.493 e. The molecule has 3 aromatic rings. The standard InChI is InChI=1S/C29H34N4O5/c1-5-21(2)33(29(35)31-24-11-8-23(18-30)9-12-24)20-28(34)32(19-25-7-6-16-38-25)15-14-22-10-13-26(36-3)27(17-22)37-4/h6-13,16-17,21H,5,14-15,19-20H2,1-4H3,(H,31,35). The van der Waals surface area contributed by atoms with E-state index < -0.39 is 0 Å². The zero-order chi connectivity index (χ0) is 27.5. The molecule has 3 amide bonds. The van der Waals surface area contributed by atoms with Crippen molar-refractivity contribution in [2.45, 2.75) is 39.3 Å². The van der Waals surface area contributed by atoms with Crippen LogP contribution < -0.4 is 14.8 Å². The van der Waals surface area contributed by atoms with E-state index in [-0.39, 0.29) is 31.1 Å². The molecule has 0 saturated heterocycles. The van der Waals surface area contributed by atoms with Crippen LogP contribution in [0.1, 0.15) is 37.2 Å². The smallest absolute Gasteiger partial charge is 0.322 e. The van der Waals surface area contributed by atoms with Gasteiger partial charge < -0.3 is 29.0 Å². The summed E-state index contributed by atoms with van der Waals surface area (Å²) in [7, 11) is 3.17. The van der Waals surface area contributed by atoms with E-state index in [0.29, 0.717) is 47.9 Å². The van der Waals surface area contributed by atoms with E-state index in [4.69, 9.17) is 19.2 Å². The van der Waals surface area contributed by atoms with Crippen molar-refractivity contribution in [1.82, 2.24) is 9.80 Å². The van der Waals surface area contributed by atoms with Crippen LogP contribution in [0.4, 0.5) is 10.5 Å². The fourth-order valence-electron chi connectivity index (χ4n) is 3.90. The van der Waals surface area contributed by atoms with Gasteiger partial charge in [0.1, 0.15) is 12.3 Å². The first kappa shape index (κ1) is 28.1. The number of anilines is 1. The van der Waals surface area contributed by atoms with Crippen molar-refractivity contribution in [2.24, 2.45) is 0 Å². The van der Waals surface area contributed by atoms with Crippen molar-refractivity contribution in [1.29, 1.82) is 5.26 Å². The number of nitrogens with zero attached hydrogens (tertiary/aromatic N) is 3. The van der Waals surface area contributed by atoms with Gasteiger partial charge in [-0.15, -0.1) is 0 Å². The molecular weight excluding hydrogens is 484 g/mol. The third-order valence-corrected chi connectivity index (χ3v) is 6.35. The summed E-state index contributed by atoms with van der Waals surface area (Å²) in [6, 6.07) is 17.4. The number of amides is 3. The summed E-state index contributed by atoms with van der Waals surface area (Å²) in [5.74, 6) is 1.72. The molecular formula is C29H34N4O5. The van der Waals surface area contributed by atoms with Gasteiger partial charge in [-0.25, -0.2) is 4.79 Å². The van der Waals surface area contributed by atoms with E-state index >= 15 is 0 Å². The predicted molar refractivity (Wildman–Crippen MR) is 144 cm³/mol. The first-order valence-corrected chi connectivity index (χ1v) is 12.5. The normalized spacial score (nSPS) is 11.2. The van der Waals surface area contributed by atoms with Crippen LogP contribution in [0.3, 0.4) is 0 Å². The third-order valence-electron chi connectivity index (χ3n) is 6.35. The van der Waals surface area contributed by atoms with Gasteiger partial charge in [-0.2, -0.15) is 5.26 Å². The lowest BCUT2D eigenvalue weighted by Crippen LogP contribution is -2.48. The zero-order valence-electron chi connectivity index (χ0n) is 22.3. The van der Waals surface area contributed by atoms with Crippen LogP contribution in [0.25, 0.3) is 0 Å². The molecule has 0 bridgehead atoms. The number of ether oxygens (including phenoxy) is 2. The van der Waals surface area contributed by atoms with Crippen molar-refractivity contribution in [2.75, 3.05) is 32.6 Å². The second kappa shape index (κ2) is 13.7. The molecule has 9 nitrogen and oxygen atoms in total. The SMILES string of the molecule is CCC(C)N(CC(=O)N(CCc1ccc(OC)c(OC)c1)Cc1ccco1)C(=O)Nc1ccc(C#N)cc1. The van der Waals surface area contributed by atoms with E-state index in [0.717, 1.165) is 5.56 Å². The van der Waals surface area contributed by atoms with Crippen LogP contribution in [0.5, 0.6) is 11.5 Å². The number of urea groups is 1. The number of nitrogens with one attached hydrogen (secondary N) is 1. The molecule has 0 aliphatic heterocycles. The number of benzene rings is 2. The summed E-state index contributed by atoms with van der Waals surface area (Å²) in [5, 5.41) is 11.8. The maximum Gasteiger partial charge on any atom is 0.322 e. The van der Waals surface area contributed by atoms with Crippen LogP contribution in [0, 0.1) is 11.3 Å². The van der Waals surface area contributed by atoms with Crippen LogP contribution in [0.2, 0.25) is 0 Å². The Balaban J connectivity index is 1.75. The Kier molecular flexibility index (Phi) is 10.2. The molecule has 0 aliphatic carbocycles. The lowest BCUT2D eigenvalue weighted by atomic mass is 10.1. The highest BCUT2D eigenvalue weighted by molar-refractivity contribution is 5.92. The van der Waals surface area contributed by atoms with Crippen LogP contribution >= 0.6 is 0 Å². The summed E-state index contributed by atoms with van der Waals surface area (Å²) in [5.41, 5.74) is 2.04. The Hall–Kier alpha value is -4.45. The van der Waals surface area contributed by atoms with Crippen molar-refractivity contribution in [3.63, 3.8) is 0 Å². The maximum absolute atomic E-state index is 13.6. The number of furan rings is 1. The quantitative estimate of drug-likeness (QED) is 0.359. The average Bonchev–Trinajstić information content (AvgIpc) is 3.46. The number of carbonyl (C=O) groups excluding carboxylic acids is 2. The van der Waals surface area contributed by atoms with Gasteiger partial charge >= 0.3 is 6.03 Å². The Morgan fingerprint density at radius 3 is 2.42 bits per heavy atom. The van der Waals surface area contributed by atoms with E-state index in [1.807, 2.05) is 38.1 Å². The summed E-state index contributed by atoms with van der Waals surface area (Å²) in [4.78, 5) is 30.0. The van der Waals surface area contributed by atoms with E-state index in [9.17, 15) is 9.59 Å². The van der Waals surface area contributed by atoms with E-state index in [1.165, 1.54) is 4.90 Å². The molecule has 1 atom stereocenters. The second-order valence-electron chi connectivity index (χ2n) is 8.84. The van der Waals surface area contributed by atoms with Crippen molar-refractivity contribution >= 4 is 17.6 Å². The lowest BCUT2D eigenvalue weighted by Gasteiger charge is -2.31. The molecule has 1 unspecified atom stereocenters. The Bertz CT molecular complexity index is 1230. The molecule has 200 valence electrons. The number of nitriles is 1. The molecule has 0 spiro atoms. The molecule has 0 radical (unpaired) electrons. The highest BCUT2D eigenvalue weighted by Crippen LogP contribution is 2.28. The maximum atomic E-state index is 13.6. The highest BCUT2D eigenvalue weighted by Gasteiger charge is 2.25. The van der Waals surface area contributed by atoms with E-state index in [2.05, 4.69) is 11.4 Å². The van der Waals surface area contributed by atoms with Gasteiger partial charge in [-0.3, -0.25) is 4.79 Å². The summed E-state index contributed by atoms with van der Waals surface area (Å²) in [6.07, 6.45) is 2.83. The summed E-state index contributed by atoms with van der Waals surface area (Å²) < 4.78 is 16.2. The second-order valence-corrected chi connectivity index (χ2v) is 8.84. The number of carbonyl (C=O) groups is 2. The first-order valence-electron chi connectivity index (χ1n) is 12.5. The van der Waals surface area contributed by atoms with Gasteiger partial charge in [-0.05, 0) is 73.9 Å². The van der Waals surface area contributed by atoms with Crippen molar-refractivity contribution in [3.05, 3.63) is 77.7 Å². The molecule has 38 heavy (non-hydrogen) atoms. The molecule has 0 fully saturated rings. The fourth-order valence-corrected chi connectivity index (χ4v) is 3.90. The summed E-state index contributed by atoms with van der Waals surface area (Å²) >= 11 is 0. The van der Waals surface area contributed by atoms with Gasteiger partial charge in [0.15, 0.2) is 11.5 Å². The van der Waals surface area contributed by atoms with Gasteiger partial charge in [0.2, 0.25) is 5.91 Å². The number of methoxy groups -OCH3 is 2. The predicted octanol–water partition coefficient (Wildman–Crippen LogP) is 5.07. The Morgan fingerprint density at radius 2 is 1.82 bits per heavy atom. The third kappa shape index (κ3) is 7.53. The number of hydrogen-bond acceptors (Lipinski definition) is 6. The molecule has 0 saturated carbocycles. The first-order chi connectivity index (χ1) is 18.4. The topological polar surface area (TPSA) is 108 Å². The molecule has 1 N–H and O–H groups in total. The van der Waals surface area contributed by atoms with Crippen molar-refractivity contribution in [3.8, 4) is 17.6 Å². The molecule has 9 heteroatoms. The zero-order valence-corrected chi connectivity index (χ0v) is 22.3. The van der Waals surface area contributed by atoms with Crippen LogP contribution in [-0.2, 0) is 17.8 Å². The van der Waals surface area contributed by atoms with E-state index in [1.54, 1.807) is 55.7 Å². The minimum atomic E-state index is -0.379. The van der Waals surface area contributed by atoms with Gasteiger partial charge in [-0.1, -0.05) is 13.0 Å². The Labute approximate surface area is 223 Å². The minimum absolute atomic E-state index is 0.0935. The van der Waals surface area contributed by atoms with Gasteiger partial charge in [0.25, 0.3) is 0 Å². The molecule has 3 rings (SSSR count). The highest BCUT2D eigenvalue weighted by atomic mass is 16.5. The molecule has 1 heterocycles. The van der Waals surface area contributed by atoms with Crippen molar-refractivity contribution < 1.29 is 23.5 Å². The molecule has 2 aromatic carbocycles. The van der Waals surface area contributed by atoms with Crippen LogP contribution in [0.15, 0.2) is 65.3 Å². The molecule has 1 aromatic heterocycles. The average molecular weight is 519 g/mol. The molecule has 0 aliphatic rings. The monoisotopic (exact) mass is 518 g/mol.